The van der Waals surface area contributed by atoms with Crippen molar-refractivity contribution in [2.24, 2.45) is 0 Å². The van der Waals surface area contributed by atoms with E-state index in [1.165, 1.54) is 5.56 Å². The van der Waals surface area contributed by atoms with Gasteiger partial charge < -0.3 is 10.2 Å². The molecule has 1 unspecified atom stereocenters. The molecule has 6 heteroatoms. The Kier molecular flexibility index (Phi) is 5.79. The van der Waals surface area contributed by atoms with Crippen LogP contribution in [0.15, 0.2) is 60.9 Å². The van der Waals surface area contributed by atoms with Crippen LogP contribution >= 0.6 is 0 Å². The van der Waals surface area contributed by atoms with Gasteiger partial charge in [0.25, 0.3) is 0 Å². The van der Waals surface area contributed by atoms with Crippen molar-refractivity contribution in [3.8, 4) is 11.4 Å². The lowest BCUT2D eigenvalue weighted by molar-refractivity contribution is -0.130. The van der Waals surface area contributed by atoms with Gasteiger partial charge in [0, 0.05) is 55.3 Å². The van der Waals surface area contributed by atoms with Crippen LogP contribution in [0.4, 0.5) is 5.82 Å². The van der Waals surface area contributed by atoms with E-state index in [1.54, 1.807) is 12.4 Å². The summed E-state index contributed by atoms with van der Waals surface area (Å²) in [7, 11) is 0. The Labute approximate surface area is 171 Å². The van der Waals surface area contributed by atoms with Crippen molar-refractivity contribution in [1.82, 2.24) is 19.9 Å². The van der Waals surface area contributed by atoms with Crippen molar-refractivity contribution in [3.05, 3.63) is 72.2 Å². The normalized spacial score (nSPS) is 16.0. The first-order chi connectivity index (χ1) is 14.2. The molecule has 3 heterocycles. The first-order valence-corrected chi connectivity index (χ1v) is 10.0. The van der Waals surface area contributed by atoms with E-state index < -0.39 is 0 Å². The SMILES string of the molecule is Cc1cc(NC2CCN(C(=O)CCc3ccccc3)C2)nc(-c2ccncc2)n1. The molecule has 29 heavy (non-hydrogen) atoms. The summed E-state index contributed by atoms with van der Waals surface area (Å²) in [6.45, 7) is 3.46. The predicted molar refractivity (Wildman–Crippen MR) is 113 cm³/mol. The summed E-state index contributed by atoms with van der Waals surface area (Å²) in [6.07, 6.45) is 5.74. The van der Waals surface area contributed by atoms with Crippen LogP contribution in [0.2, 0.25) is 0 Å². The maximum absolute atomic E-state index is 12.6. The number of likely N-dealkylation sites (tertiary alicyclic amines) is 1. The van der Waals surface area contributed by atoms with Gasteiger partial charge in [0.15, 0.2) is 5.82 Å². The zero-order valence-corrected chi connectivity index (χ0v) is 16.6. The molecule has 3 aromatic rings. The van der Waals surface area contributed by atoms with Gasteiger partial charge in [0.2, 0.25) is 5.91 Å². The minimum Gasteiger partial charge on any atom is -0.365 e. The molecule has 1 fully saturated rings. The van der Waals surface area contributed by atoms with Gasteiger partial charge in [-0.1, -0.05) is 30.3 Å². The third kappa shape index (κ3) is 4.96. The molecule has 0 radical (unpaired) electrons. The Bertz CT molecular complexity index is 962. The summed E-state index contributed by atoms with van der Waals surface area (Å²) in [5.41, 5.74) is 3.05. The molecule has 0 aliphatic carbocycles. The average Bonchev–Trinajstić information content (AvgIpc) is 3.21. The number of hydrogen-bond acceptors (Lipinski definition) is 5. The molecule has 1 aliphatic heterocycles. The zero-order valence-electron chi connectivity index (χ0n) is 16.6. The highest BCUT2D eigenvalue weighted by Gasteiger charge is 2.26. The number of amides is 1. The average molecular weight is 387 g/mol. The number of benzene rings is 1. The molecule has 1 amide bonds. The van der Waals surface area contributed by atoms with E-state index in [9.17, 15) is 4.79 Å². The van der Waals surface area contributed by atoms with Crippen LogP contribution in [-0.4, -0.2) is 44.9 Å². The van der Waals surface area contributed by atoms with Gasteiger partial charge in [-0.2, -0.15) is 0 Å². The predicted octanol–water partition coefficient (Wildman–Crippen LogP) is 3.49. The highest BCUT2D eigenvalue weighted by atomic mass is 16.2. The molecule has 0 bridgehead atoms. The number of anilines is 1. The minimum atomic E-state index is 0.204. The fraction of sp³-hybridized carbons (Fsp3) is 0.304. The van der Waals surface area contributed by atoms with Crippen molar-refractivity contribution < 1.29 is 4.79 Å². The monoisotopic (exact) mass is 387 g/mol. The van der Waals surface area contributed by atoms with Gasteiger partial charge in [-0.15, -0.1) is 0 Å². The number of carbonyl (C=O) groups excluding carboxylic acids is 1. The molecule has 1 saturated heterocycles. The lowest BCUT2D eigenvalue weighted by Crippen LogP contribution is -2.31. The lowest BCUT2D eigenvalue weighted by Gasteiger charge is -2.18. The van der Waals surface area contributed by atoms with Crippen LogP contribution in [0.25, 0.3) is 11.4 Å². The number of nitrogens with zero attached hydrogens (tertiary/aromatic N) is 4. The summed E-state index contributed by atoms with van der Waals surface area (Å²) < 4.78 is 0. The largest absolute Gasteiger partial charge is 0.365 e. The van der Waals surface area contributed by atoms with E-state index >= 15 is 0 Å². The van der Waals surface area contributed by atoms with Crippen molar-refractivity contribution in [2.45, 2.75) is 32.2 Å². The quantitative estimate of drug-likeness (QED) is 0.701. The van der Waals surface area contributed by atoms with Crippen LogP contribution in [0.3, 0.4) is 0 Å². The Hall–Kier alpha value is -3.28. The lowest BCUT2D eigenvalue weighted by atomic mass is 10.1. The van der Waals surface area contributed by atoms with Crippen molar-refractivity contribution in [2.75, 3.05) is 18.4 Å². The fourth-order valence-corrected chi connectivity index (χ4v) is 3.64. The molecule has 1 atom stereocenters. The van der Waals surface area contributed by atoms with E-state index in [1.807, 2.05) is 48.2 Å². The summed E-state index contributed by atoms with van der Waals surface area (Å²) in [6, 6.07) is 16.1. The van der Waals surface area contributed by atoms with Crippen LogP contribution in [0.1, 0.15) is 24.1 Å². The van der Waals surface area contributed by atoms with Crippen molar-refractivity contribution in [3.63, 3.8) is 0 Å². The Morgan fingerprint density at radius 1 is 1.14 bits per heavy atom. The number of nitrogens with one attached hydrogen (secondary N) is 1. The molecule has 4 rings (SSSR count). The summed E-state index contributed by atoms with van der Waals surface area (Å²) in [4.78, 5) is 27.8. The van der Waals surface area contributed by atoms with Gasteiger partial charge in [-0.05, 0) is 37.5 Å². The molecular formula is C23H25N5O. The molecule has 6 nitrogen and oxygen atoms in total. The van der Waals surface area contributed by atoms with Crippen molar-refractivity contribution in [1.29, 1.82) is 0 Å². The maximum atomic E-state index is 12.6. The highest BCUT2D eigenvalue weighted by molar-refractivity contribution is 5.77. The van der Waals surface area contributed by atoms with E-state index in [0.29, 0.717) is 18.8 Å². The second-order valence-corrected chi connectivity index (χ2v) is 7.41. The number of hydrogen-bond donors (Lipinski definition) is 1. The van der Waals surface area contributed by atoms with E-state index in [-0.39, 0.29) is 11.9 Å². The van der Waals surface area contributed by atoms with Crippen molar-refractivity contribution >= 4 is 11.7 Å². The van der Waals surface area contributed by atoms with E-state index in [4.69, 9.17) is 0 Å². The fourth-order valence-electron chi connectivity index (χ4n) is 3.64. The Morgan fingerprint density at radius 2 is 1.93 bits per heavy atom. The molecule has 0 spiro atoms. The third-order valence-electron chi connectivity index (χ3n) is 5.16. The van der Waals surface area contributed by atoms with Crippen LogP contribution in [0.5, 0.6) is 0 Å². The zero-order chi connectivity index (χ0) is 20.1. The van der Waals surface area contributed by atoms with E-state index in [2.05, 4.69) is 32.4 Å². The molecule has 1 aromatic carbocycles. The minimum absolute atomic E-state index is 0.204. The van der Waals surface area contributed by atoms with Crippen LogP contribution in [-0.2, 0) is 11.2 Å². The molecule has 0 saturated carbocycles. The molecule has 1 N–H and O–H groups in total. The number of aryl methyl sites for hydroxylation is 2. The summed E-state index contributed by atoms with van der Waals surface area (Å²) >= 11 is 0. The van der Waals surface area contributed by atoms with Crippen LogP contribution < -0.4 is 5.32 Å². The summed E-state index contributed by atoms with van der Waals surface area (Å²) in [5, 5.41) is 3.49. The van der Waals surface area contributed by atoms with Gasteiger partial charge in [-0.3, -0.25) is 9.78 Å². The van der Waals surface area contributed by atoms with E-state index in [0.717, 1.165) is 36.5 Å². The Balaban J connectivity index is 1.35. The smallest absolute Gasteiger partial charge is 0.222 e. The number of rotatable bonds is 6. The highest BCUT2D eigenvalue weighted by Crippen LogP contribution is 2.20. The second kappa shape index (κ2) is 8.82. The molecule has 2 aromatic heterocycles. The first-order valence-electron chi connectivity index (χ1n) is 10.0. The third-order valence-corrected chi connectivity index (χ3v) is 5.16. The van der Waals surface area contributed by atoms with Gasteiger partial charge >= 0.3 is 0 Å². The number of aromatic nitrogens is 3. The first kappa shape index (κ1) is 19.1. The second-order valence-electron chi connectivity index (χ2n) is 7.41. The topological polar surface area (TPSA) is 71.0 Å². The summed E-state index contributed by atoms with van der Waals surface area (Å²) in [5.74, 6) is 1.70. The molecule has 1 aliphatic rings. The molecular weight excluding hydrogens is 362 g/mol. The number of pyridine rings is 1. The van der Waals surface area contributed by atoms with Gasteiger partial charge in [0.1, 0.15) is 5.82 Å². The maximum Gasteiger partial charge on any atom is 0.222 e. The molecule has 148 valence electrons. The van der Waals surface area contributed by atoms with Crippen LogP contribution in [0, 0.1) is 6.92 Å². The van der Waals surface area contributed by atoms with Gasteiger partial charge in [-0.25, -0.2) is 9.97 Å². The van der Waals surface area contributed by atoms with Gasteiger partial charge in [0.05, 0.1) is 0 Å². The Morgan fingerprint density at radius 3 is 2.72 bits per heavy atom. The standard InChI is InChI=1S/C23H25N5O/c1-17-15-21(27-23(25-17)19-9-12-24-13-10-19)26-20-11-14-28(16-20)22(29)8-7-18-5-3-2-4-6-18/h2-6,9-10,12-13,15,20H,7-8,11,14,16H2,1H3,(H,25,26,27). The number of carbonyl (C=O) groups is 1.